The molecule has 8 nitrogen and oxygen atoms in total. The summed E-state index contributed by atoms with van der Waals surface area (Å²) in [6.45, 7) is 3.74. The highest BCUT2D eigenvalue weighted by Crippen LogP contribution is 2.39. The van der Waals surface area contributed by atoms with Gasteiger partial charge in [0.05, 0.1) is 17.4 Å². The van der Waals surface area contributed by atoms with Gasteiger partial charge in [-0.05, 0) is 59.9 Å². The normalized spacial score (nSPS) is 13.3. The molecule has 0 bridgehead atoms. The number of benzene rings is 3. The minimum atomic E-state index is -4.14. The first-order valence-electron chi connectivity index (χ1n) is 12.0. The van der Waals surface area contributed by atoms with Gasteiger partial charge in [0.15, 0.2) is 11.5 Å². The van der Waals surface area contributed by atoms with Crippen LogP contribution >= 0.6 is 0 Å². The summed E-state index contributed by atoms with van der Waals surface area (Å²) in [7, 11) is -2.30. The molecule has 4 aromatic rings. The first-order valence-corrected chi connectivity index (χ1v) is 13.4. The van der Waals surface area contributed by atoms with Crippen LogP contribution in [0.25, 0.3) is 10.9 Å². The number of rotatable bonds is 7. The minimum Gasteiger partial charge on any atom is -0.454 e. The number of carbonyl (C=O) groups excluding carboxylic acids is 1. The van der Waals surface area contributed by atoms with E-state index in [0.29, 0.717) is 34.6 Å². The Labute approximate surface area is 222 Å². The topological polar surface area (TPSA) is 107 Å². The quantitative estimate of drug-likeness (QED) is 0.359. The molecule has 1 aliphatic rings. The van der Waals surface area contributed by atoms with Crippen molar-refractivity contribution in [3.05, 3.63) is 88.6 Å². The van der Waals surface area contributed by atoms with E-state index in [1.807, 2.05) is 49.9 Å². The molecule has 0 spiro atoms. The van der Waals surface area contributed by atoms with Gasteiger partial charge in [-0.1, -0.05) is 50.2 Å². The molecule has 1 aromatic heterocycles. The monoisotopic (exact) mass is 536 g/mol. The van der Waals surface area contributed by atoms with Crippen LogP contribution in [0.3, 0.4) is 0 Å². The Morgan fingerprint density at radius 3 is 2.58 bits per heavy atom. The molecule has 1 amide bonds. The Balaban J connectivity index is 0.00000336. The van der Waals surface area contributed by atoms with Gasteiger partial charge in [0, 0.05) is 24.1 Å². The van der Waals surface area contributed by atoms with Gasteiger partial charge in [-0.2, -0.15) is 0 Å². The Hall–Kier alpha value is -3.82. The fourth-order valence-corrected chi connectivity index (χ4v) is 6.14. The Morgan fingerprint density at radius 2 is 1.84 bits per heavy atom. The number of ether oxygens (including phenoxy) is 2. The molecule has 2 heterocycles. The summed E-state index contributed by atoms with van der Waals surface area (Å²) in [6.07, 6.45) is 2.32. The smallest absolute Gasteiger partial charge is 0.264 e. The SMILES string of the molecule is C.CCc1cc(C)ccc1S(=O)(=O)NC(=O)C(c1ccc2c(c1)OCO2)c1cn(C)c2cc(CO)ccc12. The van der Waals surface area contributed by atoms with Crippen molar-refractivity contribution in [2.45, 2.75) is 45.1 Å². The van der Waals surface area contributed by atoms with Crippen molar-refractivity contribution < 1.29 is 27.8 Å². The molecule has 3 aromatic carbocycles. The van der Waals surface area contributed by atoms with Crippen LogP contribution in [0.5, 0.6) is 11.5 Å². The van der Waals surface area contributed by atoms with Gasteiger partial charge in [0.25, 0.3) is 10.0 Å². The van der Waals surface area contributed by atoms with Crippen LogP contribution in [0.2, 0.25) is 0 Å². The van der Waals surface area contributed by atoms with E-state index in [9.17, 15) is 18.3 Å². The number of sulfonamides is 1. The van der Waals surface area contributed by atoms with Gasteiger partial charge in [0.2, 0.25) is 12.7 Å². The molecule has 0 fully saturated rings. The molecule has 1 unspecified atom stereocenters. The second kappa shape index (κ2) is 10.5. The maximum absolute atomic E-state index is 13.9. The van der Waals surface area contributed by atoms with Crippen molar-refractivity contribution in [2.75, 3.05) is 6.79 Å². The lowest BCUT2D eigenvalue weighted by atomic mass is 9.90. The molecule has 1 aliphatic heterocycles. The fourth-order valence-electron chi connectivity index (χ4n) is 4.85. The number of hydrogen-bond acceptors (Lipinski definition) is 6. The van der Waals surface area contributed by atoms with E-state index >= 15 is 0 Å². The Bertz CT molecular complexity index is 1620. The summed E-state index contributed by atoms with van der Waals surface area (Å²) in [5.74, 6) is -0.579. The van der Waals surface area contributed by atoms with E-state index in [0.717, 1.165) is 22.0 Å². The first kappa shape index (κ1) is 27.2. The summed E-state index contributed by atoms with van der Waals surface area (Å²) in [5, 5.41) is 10.4. The average molecular weight is 537 g/mol. The van der Waals surface area contributed by atoms with Gasteiger partial charge < -0.3 is 19.1 Å². The number of aromatic nitrogens is 1. The third kappa shape index (κ3) is 4.87. The molecule has 2 N–H and O–H groups in total. The van der Waals surface area contributed by atoms with Crippen molar-refractivity contribution in [1.29, 1.82) is 0 Å². The molecule has 0 saturated heterocycles. The number of nitrogens with zero attached hydrogens (tertiary/aromatic N) is 1. The van der Waals surface area contributed by atoms with E-state index in [-0.39, 0.29) is 25.7 Å². The van der Waals surface area contributed by atoms with Crippen LogP contribution in [-0.4, -0.2) is 30.8 Å². The molecule has 0 radical (unpaired) electrons. The van der Waals surface area contributed by atoms with Crippen molar-refractivity contribution >= 4 is 26.8 Å². The number of amides is 1. The third-order valence-corrected chi connectivity index (χ3v) is 8.14. The highest BCUT2D eigenvalue weighted by atomic mass is 32.2. The molecule has 0 saturated carbocycles. The first-order chi connectivity index (χ1) is 17.7. The van der Waals surface area contributed by atoms with Crippen molar-refractivity contribution in [3.8, 4) is 11.5 Å². The van der Waals surface area contributed by atoms with Crippen LogP contribution in [0.4, 0.5) is 0 Å². The second-order valence-corrected chi connectivity index (χ2v) is 10.8. The molecule has 200 valence electrons. The zero-order chi connectivity index (χ0) is 26.3. The van der Waals surface area contributed by atoms with E-state index in [2.05, 4.69) is 4.72 Å². The number of hydrogen-bond donors (Lipinski definition) is 2. The standard InChI is InChI=1S/C28H28N2O6S.CH4/c1-4-19-11-17(2)5-10-26(19)37(33,34)29-28(32)27(20-7-9-24-25(13-20)36-16-35-24)22-14-30(3)23-12-18(15-31)6-8-21(22)23;/h5-14,27,31H,4,15-16H2,1-3H3,(H,29,32);1H4. The number of aryl methyl sites for hydroxylation is 3. The van der Waals surface area contributed by atoms with Crippen LogP contribution in [-0.2, 0) is 34.9 Å². The van der Waals surface area contributed by atoms with E-state index in [1.165, 1.54) is 6.07 Å². The number of nitrogens with one attached hydrogen (secondary N) is 1. The molecule has 38 heavy (non-hydrogen) atoms. The van der Waals surface area contributed by atoms with Gasteiger partial charge in [0.1, 0.15) is 0 Å². The molecule has 9 heteroatoms. The largest absolute Gasteiger partial charge is 0.454 e. The molecule has 0 aliphatic carbocycles. The molecular weight excluding hydrogens is 504 g/mol. The van der Waals surface area contributed by atoms with Crippen molar-refractivity contribution in [1.82, 2.24) is 9.29 Å². The lowest BCUT2D eigenvalue weighted by Gasteiger charge is -2.19. The van der Waals surface area contributed by atoms with Crippen LogP contribution in [0, 0.1) is 6.92 Å². The van der Waals surface area contributed by atoms with Crippen molar-refractivity contribution in [3.63, 3.8) is 0 Å². The maximum Gasteiger partial charge on any atom is 0.264 e. The fraction of sp³-hybridized carbons (Fsp3) is 0.276. The van der Waals surface area contributed by atoms with Crippen LogP contribution in [0.1, 0.15) is 48.1 Å². The lowest BCUT2D eigenvalue weighted by molar-refractivity contribution is -0.119. The number of aliphatic hydroxyl groups is 1. The lowest BCUT2D eigenvalue weighted by Crippen LogP contribution is -2.35. The Morgan fingerprint density at radius 1 is 1.08 bits per heavy atom. The summed E-state index contributed by atoms with van der Waals surface area (Å²) in [5.41, 5.74) is 4.33. The predicted octanol–water partition coefficient (Wildman–Crippen LogP) is 4.54. The third-order valence-electron chi connectivity index (χ3n) is 6.69. The summed E-state index contributed by atoms with van der Waals surface area (Å²) >= 11 is 0. The van der Waals surface area contributed by atoms with Gasteiger partial charge in [-0.15, -0.1) is 0 Å². The zero-order valence-corrected chi connectivity index (χ0v) is 21.6. The second-order valence-electron chi connectivity index (χ2n) is 9.19. The minimum absolute atomic E-state index is 0. The van der Waals surface area contributed by atoms with Gasteiger partial charge >= 0.3 is 0 Å². The average Bonchev–Trinajstić information content (AvgIpc) is 3.47. The van der Waals surface area contributed by atoms with Gasteiger partial charge in [-0.3, -0.25) is 4.79 Å². The van der Waals surface area contributed by atoms with Crippen LogP contribution < -0.4 is 14.2 Å². The number of aliphatic hydroxyl groups excluding tert-OH is 1. The summed E-state index contributed by atoms with van der Waals surface area (Å²) < 4.78 is 42.0. The highest BCUT2D eigenvalue weighted by Gasteiger charge is 2.32. The van der Waals surface area contributed by atoms with Gasteiger partial charge in [-0.25, -0.2) is 13.1 Å². The zero-order valence-electron chi connectivity index (χ0n) is 20.8. The predicted molar refractivity (Wildman–Crippen MR) is 146 cm³/mol. The number of carbonyl (C=O) groups is 1. The maximum atomic E-state index is 13.9. The summed E-state index contributed by atoms with van der Waals surface area (Å²) in [6, 6.07) is 15.7. The van der Waals surface area contributed by atoms with Crippen LogP contribution in [0.15, 0.2) is 65.7 Å². The molecular formula is C29H32N2O6S. The van der Waals surface area contributed by atoms with E-state index in [4.69, 9.17) is 9.47 Å². The molecule has 1 atom stereocenters. The highest BCUT2D eigenvalue weighted by molar-refractivity contribution is 7.90. The van der Waals surface area contributed by atoms with Crippen molar-refractivity contribution in [2.24, 2.45) is 7.05 Å². The van der Waals surface area contributed by atoms with E-state index < -0.39 is 21.8 Å². The van der Waals surface area contributed by atoms with E-state index in [1.54, 1.807) is 30.3 Å². The Kier molecular flexibility index (Phi) is 7.53. The summed E-state index contributed by atoms with van der Waals surface area (Å²) in [4.78, 5) is 14.0. The number of fused-ring (bicyclic) bond motifs is 2. The molecule has 5 rings (SSSR count).